The Kier molecular flexibility index (Phi) is 5.69. The van der Waals surface area contributed by atoms with Crippen molar-refractivity contribution in [3.05, 3.63) is 76.0 Å². The van der Waals surface area contributed by atoms with E-state index in [2.05, 4.69) is 42.6 Å². The number of hydrogen-bond donors (Lipinski definition) is 2. The second-order valence-corrected chi connectivity index (χ2v) is 8.51. The van der Waals surface area contributed by atoms with Crippen LogP contribution < -0.4 is 10.1 Å². The molecule has 1 fully saturated rings. The van der Waals surface area contributed by atoms with Gasteiger partial charge in [-0.3, -0.25) is 4.79 Å². The summed E-state index contributed by atoms with van der Waals surface area (Å²) < 4.78 is 5.59. The Bertz CT molecular complexity index is 982. The van der Waals surface area contributed by atoms with Gasteiger partial charge in [0.1, 0.15) is 5.75 Å². The van der Waals surface area contributed by atoms with Crippen LogP contribution >= 0.6 is 11.3 Å². The van der Waals surface area contributed by atoms with Gasteiger partial charge in [-0.2, -0.15) is 0 Å². The number of carbonyl (C=O) groups excluding carboxylic acids is 1. The van der Waals surface area contributed by atoms with E-state index in [1.165, 1.54) is 10.4 Å². The lowest BCUT2D eigenvalue weighted by Crippen LogP contribution is -2.32. The molecule has 1 heterocycles. The first-order chi connectivity index (χ1) is 14.1. The third-order valence-electron chi connectivity index (χ3n) is 5.53. The van der Waals surface area contributed by atoms with Gasteiger partial charge in [-0.15, -0.1) is 11.3 Å². The van der Waals surface area contributed by atoms with Crippen molar-refractivity contribution in [3.63, 3.8) is 0 Å². The molecular formula is C24H25NO3S. The largest absolute Gasteiger partial charge is 0.496 e. The molecule has 2 N–H and O–H groups in total. The maximum atomic E-state index is 12.7. The van der Waals surface area contributed by atoms with Gasteiger partial charge in [-0.05, 0) is 42.0 Å². The fourth-order valence-electron chi connectivity index (χ4n) is 3.73. The van der Waals surface area contributed by atoms with E-state index in [4.69, 9.17) is 4.74 Å². The Morgan fingerprint density at radius 1 is 1.21 bits per heavy atom. The topological polar surface area (TPSA) is 58.6 Å². The van der Waals surface area contributed by atoms with Crippen LogP contribution in [0, 0.1) is 12.8 Å². The average molecular weight is 408 g/mol. The molecule has 1 amide bonds. The molecule has 1 saturated carbocycles. The predicted octanol–water partition coefficient (Wildman–Crippen LogP) is 4.69. The number of rotatable bonds is 7. The summed E-state index contributed by atoms with van der Waals surface area (Å²) >= 11 is 1.69. The van der Waals surface area contributed by atoms with E-state index in [1.807, 2.05) is 29.6 Å². The van der Waals surface area contributed by atoms with Gasteiger partial charge >= 0.3 is 0 Å². The van der Waals surface area contributed by atoms with E-state index in [1.54, 1.807) is 18.4 Å². The van der Waals surface area contributed by atoms with E-state index >= 15 is 0 Å². The maximum absolute atomic E-state index is 12.7. The summed E-state index contributed by atoms with van der Waals surface area (Å²) in [5.41, 5.74) is 4.13. The van der Waals surface area contributed by atoms with Crippen molar-refractivity contribution in [1.82, 2.24) is 5.32 Å². The van der Waals surface area contributed by atoms with Crippen molar-refractivity contribution in [2.24, 2.45) is 5.92 Å². The zero-order valence-electron chi connectivity index (χ0n) is 16.6. The number of carbonyl (C=O) groups is 1. The lowest BCUT2D eigenvalue weighted by molar-refractivity contribution is -0.123. The number of nitrogens with one attached hydrogen (secondary N) is 1. The van der Waals surface area contributed by atoms with Crippen molar-refractivity contribution in [2.45, 2.75) is 25.3 Å². The molecule has 3 atom stereocenters. The summed E-state index contributed by atoms with van der Waals surface area (Å²) in [7, 11) is 1.61. The number of aliphatic hydroxyl groups is 1. The van der Waals surface area contributed by atoms with Crippen LogP contribution in [0.25, 0.3) is 11.1 Å². The first kappa shape index (κ1) is 19.7. The predicted molar refractivity (Wildman–Crippen MR) is 116 cm³/mol. The molecule has 2 aromatic carbocycles. The number of hydrogen-bond acceptors (Lipinski definition) is 4. The summed E-state index contributed by atoms with van der Waals surface area (Å²) in [5, 5.41) is 15.0. The number of ether oxygens (including phenoxy) is 1. The van der Waals surface area contributed by atoms with Gasteiger partial charge in [0.25, 0.3) is 0 Å². The Morgan fingerprint density at radius 3 is 2.62 bits per heavy atom. The van der Waals surface area contributed by atoms with E-state index in [-0.39, 0.29) is 18.4 Å². The highest BCUT2D eigenvalue weighted by molar-refractivity contribution is 7.10. The molecule has 0 radical (unpaired) electrons. The number of aryl methyl sites for hydroxylation is 1. The fourth-order valence-corrected chi connectivity index (χ4v) is 4.63. The molecule has 150 valence electrons. The minimum atomic E-state index is -0.492. The van der Waals surface area contributed by atoms with Crippen LogP contribution in [0.2, 0.25) is 0 Å². The minimum absolute atomic E-state index is 0.00730. The quantitative estimate of drug-likeness (QED) is 0.598. The van der Waals surface area contributed by atoms with Gasteiger partial charge in [-0.1, -0.05) is 48.0 Å². The molecule has 5 heteroatoms. The number of aliphatic hydroxyl groups excluding tert-OH is 1. The van der Waals surface area contributed by atoms with Crippen molar-refractivity contribution >= 4 is 17.2 Å². The fraction of sp³-hybridized carbons (Fsp3) is 0.292. The van der Waals surface area contributed by atoms with Gasteiger partial charge in [0, 0.05) is 22.3 Å². The Hall–Kier alpha value is -2.63. The lowest BCUT2D eigenvalue weighted by atomic mass is 9.99. The summed E-state index contributed by atoms with van der Waals surface area (Å²) in [4.78, 5) is 14.0. The van der Waals surface area contributed by atoms with Gasteiger partial charge in [-0.25, -0.2) is 0 Å². The normalized spacial score (nSPS) is 18.9. The average Bonchev–Trinajstić information content (AvgIpc) is 3.37. The molecule has 0 bridgehead atoms. The van der Waals surface area contributed by atoms with Gasteiger partial charge in [0.05, 0.1) is 19.8 Å². The molecule has 0 spiro atoms. The monoisotopic (exact) mass is 407 g/mol. The molecule has 0 aliphatic heterocycles. The van der Waals surface area contributed by atoms with Crippen molar-refractivity contribution in [2.75, 3.05) is 13.7 Å². The summed E-state index contributed by atoms with van der Waals surface area (Å²) in [5.74, 6) is 0.945. The highest BCUT2D eigenvalue weighted by Gasteiger charge is 2.45. The van der Waals surface area contributed by atoms with Crippen molar-refractivity contribution in [1.29, 1.82) is 0 Å². The molecule has 29 heavy (non-hydrogen) atoms. The van der Waals surface area contributed by atoms with Crippen LogP contribution in [0.5, 0.6) is 5.75 Å². The molecule has 1 aliphatic carbocycles. The molecule has 0 saturated heterocycles. The molecule has 0 unspecified atom stereocenters. The number of methoxy groups -OCH3 is 1. The van der Waals surface area contributed by atoms with E-state index in [9.17, 15) is 9.90 Å². The molecule has 4 rings (SSSR count). The number of amides is 1. The Balaban J connectivity index is 1.51. The molecule has 4 nitrogen and oxygen atoms in total. The first-order valence-electron chi connectivity index (χ1n) is 9.80. The number of benzene rings is 2. The third kappa shape index (κ3) is 4.21. The summed E-state index contributed by atoms with van der Waals surface area (Å²) in [6.07, 6.45) is 0.869. The second-order valence-electron chi connectivity index (χ2n) is 7.53. The minimum Gasteiger partial charge on any atom is -0.496 e. The highest BCUT2D eigenvalue weighted by atomic mass is 32.1. The van der Waals surface area contributed by atoms with E-state index in [0.29, 0.717) is 11.7 Å². The van der Waals surface area contributed by atoms with Crippen LogP contribution in [-0.4, -0.2) is 24.7 Å². The molecule has 1 aromatic heterocycles. The zero-order valence-corrected chi connectivity index (χ0v) is 17.4. The SMILES string of the molecule is COc1cc(-c2ccc(C)cc2)ccc1[C@H](CO)NC(=O)[C@H]1C[C@@H]1c1cccs1. The summed E-state index contributed by atoms with van der Waals surface area (Å²) in [6, 6.07) is 17.8. The second kappa shape index (κ2) is 8.39. The highest BCUT2D eigenvalue weighted by Crippen LogP contribution is 2.49. The maximum Gasteiger partial charge on any atom is 0.224 e. The van der Waals surface area contributed by atoms with Gasteiger partial charge in [0.15, 0.2) is 0 Å². The van der Waals surface area contributed by atoms with Crippen LogP contribution in [-0.2, 0) is 4.79 Å². The number of thiophene rings is 1. The Morgan fingerprint density at radius 2 is 1.97 bits per heavy atom. The summed E-state index contributed by atoms with van der Waals surface area (Å²) in [6.45, 7) is 1.88. The van der Waals surface area contributed by atoms with E-state index < -0.39 is 6.04 Å². The van der Waals surface area contributed by atoms with Gasteiger partial charge < -0.3 is 15.2 Å². The first-order valence-corrected chi connectivity index (χ1v) is 10.7. The van der Waals surface area contributed by atoms with Crippen LogP contribution in [0.3, 0.4) is 0 Å². The zero-order chi connectivity index (χ0) is 20.4. The van der Waals surface area contributed by atoms with E-state index in [0.717, 1.165) is 23.1 Å². The molecule has 3 aromatic rings. The van der Waals surface area contributed by atoms with Crippen LogP contribution in [0.15, 0.2) is 60.0 Å². The van der Waals surface area contributed by atoms with Crippen LogP contribution in [0.4, 0.5) is 0 Å². The molecule has 1 aliphatic rings. The third-order valence-corrected chi connectivity index (χ3v) is 6.53. The van der Waals surface area contributed by atoms with Crippen LogP contribution in [0.1, 0.15) is 34.4 Å². The van der Waals surface area contributed by atoms with Crippen molar-refractivity contribution < 1.29 is 14.6 Å². The smallest absolute Gasteiger partial charge is 0.224 e. The standard InChI is InChI=1S/C24H25NO3S/c1-15-5-7-16(8-6-15)17-9-10-18(22(12-17)28-2)21(14-26)25-24(27)20-13-19(20)23-4-3-11-29-23/h3-12,19-21,26H,13-14H2,1-2H3,(H,25,27)/t19-,20-,21-/m0/s1. The molecular weight excluding hydrogens is 382 g/mol. The van der Waals surface area contributed by atoms with Gasteiger partial charge in [0.2, 0.25) is 5.91 Å². The Labute approximate surface area is 175 Å². The lowest BCUT2D eigenvalue weighted by Gasteiger charge is -2.20. The van der Waals surface area contributed by atoms with Crippen molar-refractivity contribution in [3.8, 4) is 16.9 Å².